The normalized spacial score (nSPS) is 14.3. The van der Waals surface area contributed by atoms with Crippen molar-refractivity contribution >= 4 is 23.1 Å². The van der Waals surface area contributed by atoms with Gasteiger partial charge in [0.05, 0.1) is 10.6 Å². The molecule has 1 aliphatic heterocycles. The van der Waals surface area contributed by atoms with E-state index in [1.165, 1.54) is 18.2 Å². The number of hydrogen-bond acceptors (Lipinski definition) is 7. The molecule has 3 aromatic rings. The van der Waals surface area contributed by atoms with E-state index in [0.29, 0.717) is 11.4 Å². The SMILES string of the molecule is CN1CCN(c2ccc(-c3cccc(NC(=O)c4ccccc4[N+](=O)[O-])c3)nn2)CC1. The summed E-state index contributed by atoms with van der Waals surface area (Å²) in [6.07, 6.45) is 0. The van der Waals surface area contributed by atoms with E-state index in [9.17, 15) is 14.9 Å². The number of amides is 1. The van der Waals surface area contributed by atoms with E-state index in [4.69, 9.17) is 0 Å². The molecule has 0 radical (unpaired) electrons. The van der Waals surface area contributed by atoms with Crippen LogP contribution in [0.2, 0.25) is 0 Å². The first-order chi connectivity index (χ1) is 15.0. The molecule has 1 N–H and O–H groups in total. The predicted octanol–water partition coefficient (Wildman–Crippen LogP) is 3.06. The molecule has 2 aromatic carbocycles. The van der Waals surface area contributed by atoms with Crippen LogP contribution < -0.4 is 10.2 Å². The van der Waals surface area contributed by atoms with Crippen LogP contribution in [-0.2, 0) is 0 Å². The molecule has 2 heterocycles. The van der Waals surface area contributed by atoms with Crippen molar-refractivity contribution in [3.05, 3.63) is 76.3 Å². The van der Waals surface area contributed by atoms with Crippen molar-refractivity contribution in [2.24, 2.45) is 0 Å². The number of aromatic nitrogens is 2. The third kappa shape index (κ3) is 4.67. The van der Waals surface area contributed by atoms with Gasteiger partial charge in [-0.15, -0.1) is 10.2 Å². The molecule has 4 rings (SSSR count). The smallest absolute Gasteiger partial charge is 0.282 e. The molecule has 1 fully saturated rings. The molecule has 158 valence electrons. The van der Waals surface area contributed by atoms with Crippen LogP contribution in [0.5, 0.6) is 0 Å². The molecular formula is C22H22N6O3. The lowest BCUT2D eigenvalue weighted by Crippen LogP contribution is -2.44. The minimum atomic E-state index is -0.567. The van der Waals surface area contributed by atoms with Gasteiger partial charge in [0, 0.05) is 43.5 Å². The molecule has 0 spiro atoms. The number of nitro groups is 1. The number of nitrogens with zero attached hydrogens (tertiary/aromatic N) is 5. The lowest BCUT2D eigenvalue weighted by Gasteiger charge is -2.32. The van der Waals surface area contributed by atoms with E-state index < -0.39 is 10.8 Å². The van der Waals surface area contributed by atoms with Crippen LogP contribution in [-0.4, -0.2) is 59.2 Å². The van der Waals surface area contributed by atoms with E-state index in [1.54, 1.807) is 24.3 Å². The van der Waals surface area contributed by atoms with Crippen molar-refractivity contribution in [1.82, 2.24) is 15.1 Å². The highest BCUT2D eigenvalue weighted by atomic mass is 16.6. The Balaban J connectivity index is 1.50. The summed E-state index contributed by atoms with van der Waals surface area (Å²) in [5.41, 5.74) is 1.76. The molecule has 0 unspecified atom stereocenters. The number of para-hydroxylation sites is 1. The number of carbonyl (C=O) groups excluding carboxylic acids is 1. The Bertz CT molecular complexity index is 1090. The van der Waals surface area contributed by atoms with Gasteiger partial charge in [-0.1, -0.05) is 24.3 Å². The highest BCUT2D eigenvalue weighted by Gasteiger charge is 2.19. The number of benzene rings is 2. The predicted molar refractivity (Wildman–Crippen MR) is 118 cm³/mol. The summed E-state index contributed by atoms with van der Waals surface area (Å²) in [4.78, 5) is 27.7. The van der Waals surface area contributed by atoms with Gasteiger partial charge in [-0.3, -0.25) is 14.9 Å². The third-order valence-electron chi connectivity index (χ3n) is 5.24. The fraction of sp³-hybridized carbons (Fsp3) is 0.227. The van der Waals surface area contributed by atoms with Gasteiger partial charge in [0.2, 0.25) is 0 Å². The zero-order valence-electron chi connectivity index (χ0n) is 17.1. The van der Waals surface area contributed by atoms with Gasteiger partial charge in [0.1, 0.15) is 5.56 Å². The van der Waals surface area contributed by atoms with Gasteiger partial charge in [-0.05, 0) is 37.4 Å². The quantitative estimate of drug-likeness (QED) is 0.501. The van der Waals surface area contributed by atoms with Crippen molar-refractivity contribution in [2.75, 3.05) is 43.4 Å². The average Bonchev–Trinajstić information content (AvgIpc) is 2.80. The Hall–Kier alpha value is -3.85. The summed E-state index contributed by atoms with van der Waals surface area (Å²) < 4.78 is 0. The van der Waals surface area contributed by atoms with E-state index in [1.807, 2.05) is 18.2 Å². The molecule has 9 nitrogen and oxygen atoms in total. The molecule has 1 aliphatic rings. The Morgan fingerprint density at radius 1 is 1.00 bits per heavy atom. The molecule has 0 atom stereocenters. The van der Waals surface area contributed by atoms with Crippen molar-refractivity contribution in [3.63, 3.8) is 0 Å². The minimum absolute atomic E-state index is 0.00854. The average molecular weight is 418 g/mol. The van der Waals surface area contributed by atoms with Crippen molar-refractivity contribution < 1.29 is 9.72 Å². The first kappa shape index (κ1) is 20.4. The van der Waals surface area contributed by atoms with Crippen molar-refractivity contribution in [2.45, 2.75) is 0 Å². The maximum Gasteiger partial charge on any atom is 0.282 e. The molecule has 1 aromatic heterocycles. The second kappa shape index (κ2) is 8.88. The minimum Gasteiger partial charge on any atom is -0.353 e. The number of nitro benzene ring substituents is 1. The van der Waals surface area contributed by atoms with Crippen molar-refractivity contribution in [1.29, 1.82) is 0 Å². The highest BCUT2D eigenvalue weighted by molar-refractivity contribution is 6.07. The van der Waals surface area contributed by atoms with Gasteiger partial charge in [0.15, 0.2) is 5.82 Å². The largest absolute Gasteiger partial charge is 0.353 e. The fourth-order valence-corrected chi connectivity index (χ4v) is 3.46. The highest BCUT2D eigenvalue weighted by Crippen LogP contribution is 2.24. The third-order valence-corrected chi connectivity index (χ3v) is 5.24. The molecule has 31 heavy (non-hydrogen) atoms. The monoisotopic (exact) mass is 418 g/mol. The van der Waals surface area contributed by atoms with Crippen LogP contribution >= 0.6 is 0 Å². The van der Waals surface area contributed by atoms with Gasteiger partial charge in [0.25, 0.3) is 11.6 Å². The maximum atomic E-state index is 12.6. The van der Waals surface area contributed by atoms with Gasteiger partial charge >= 0.3 is 0 Å². The Morgan fingerprint density at radius 3 is 2.48 bits per heavy atom. The topological polar surface area (TPSA) is 104 Å². The molecule has 0 aliphatic carbocycles. The van der Waals surface area contributed by atoms with Crippen molar-refractivity contribution in [3.8, 4) is 11.3 Å². The van der Waals surface area contributed by atoms with Crippen LogP contribution in [0.4, 0.5) is 17.2 Å². The standard InChI is InChI=1S/C22H22N6O3/c1-26-11-13-27(14-12-26)21-10-9-19(24-25-21)16-5-4-6-17(15-16)23-22(29)18-7-2-3-8-20(18)28(30)31/h2-10,15H,11-14H2,1H3,(H,23,29). The lowest BCUT2D eigenvalue weighted by molar-refractivity contribution is -0.385. The number of anilines is 2. The lowest BCUT2D eigenvalue weighted by atomic mass is 10.1. The van der Waals surface area contributed by atoms with E-state index >= 15 is 0 Å². The van der Waals surface area contributed by atoms with Crippen LogP contribution in [0.15, 0.2) is 60.7 Å². The summed E-state index contributed by atoms with van der Waals surface area (Å²) in [7, 11) is 2.11. The molecular weight excluding hydrogens is 396 g/mol. The first-order valence-electron chi connectivity index (χ1n) is 9.94. The zero-order valence-corrected chi connectivity index (χ0v) is 17.1. The Labute approximate surface area is 179 Å². The van der Waals surface area contributed by atoms with Crippen LogP contribution in [0.1, 0.15) is 10.4 Å². The molecule has 0 bridgehead atoms. The summed E-state index contributed by atoms with van der Waals surface area (Å²) in [6, 6.07) is 16.9. The summed E-state index contributed by atoms with van der Waals surface area (Å²) in [6.45, 7) is 3.81. The number of hydrogen-bond donors (Lipinski definition) is 1. The number of likely N-dealkylation sites (N-methyl/N-ethyl adjacent to an activating group) is 1. The number of nitrogens with one attached hydrogen (secondary N) is 1. The second-order valence-corrected chi connectivity index (χ2v) is 7.38. The number of rotatable bonds is 5. The van der Waals surface area contributed by atoms with Crippen LogP contribution in [0.25, 0.3) is 11.3 Å². The number of carbonyl (C=O) groups is 1. The molecule has 0 saturated carbocycles. The van der Waals surface area contributed by atoms with Gasteiger partial charge in [-0.2, -0.15) is 0 Å². The summed E-state index contributed by atoms with van der Waals surface area (Å²) in [5.74, 6) is 0.304. The fourth-order valence-electron chi connectivity index (χ4n) is 3.46. The number of piperazine rings is 1. The summed E-state index contributed by atoms with van der Waals surface area (Å²) >= 11 is 0. The molecule has 1 saturated heterocycles. The summed E-state index contributed by atoms with van der Waals surface area (Å²) in [5, 5.41) is 22.6. The van der Waals surface area contributed by atoms with Gasteiger partial charge in [-0.25, -0.2) is 0 Å². The van der Waals surface area contributed by atoms with E-state index in [0.717, 1.165) is 37.6 Å². The van der Waals surface area contributed by atoms with Crippen LogP contribution in [0, 0.1) is 10.1 Å². The van der Waals surface area contributed by atoms with E-state index in [-0.39, 0.29) is 11.3 Å². The van der Waals surface area contributed by atoms with E-state index in [2.05, 4.69) is 32.4 Å². The Kier molecular flexibility index (Phi) is 5.85. The molecule has 1 amide bonds. The second-order valence-electron chi connectivity index (χ2n) is 7.38. The maximum absolute atomic E-state index is 12.6. The molecule has 9 heteroatoms. The van der Waals surface area contributed by atoms with Gasteiger partial charge < -0.3 is 15.1 Å². The van der Waals surface area contributed by atoms with Crippen LogP contribution in [0.3, 0.4) is 0 Å². The zero-order chi connectivity index (χ0) is 21.8. The Morgan fingerprint density at radius 2 is 1.77 bits per heavy atom. The first-order valence-corrected chi connectivity index (χ1v) is 9.94.